The van der Waals surface area contributed by atoms with Crippen molar-refractivity contribution in [3.05, 3.63) is 71.2 Å². The van der Waals surface area contributed by atoms with Crippen LogP contribution in [-0.4, -0.2) is 4.40 Å². The van der Waals surface area contributed by atoms with Gasteiger partial charge in [0.2, 0.25) is 5.52 Å². The molecule has 3 heteroatoms. The Labute approximate surface area is 186 Å². The summed E-state index contributed by atoms with van der Waals surface area (Å²) in [6, 6.07) is 14.8. The van der Waals surface area contributed by atoms with Crippen molar-refractivity contribution in [3.63, 3.8) is 0 Å². The van der Waals surface area contributed by atoms with Gasteiger partial charge in [0, 0.05) is 16.8 Å². The summed E-state index contributed by atoms with van der Waals surface area (Å²) in [7, 11) is 2.13. The fourth-order valence-corrected chi connectivity index (χ4v) is 6.42. The van der Waals surface area contributed by atoms with Crippen molar-refractivity contribution in [1.29, 1.82) is 0 Å². The Hall–Kier alpha value is -3.20. The fraction of sp³-hybridized carbons (Fsp3) is 0.276. The number of benzene rings is 3. The Bertz CT molecular complexity index is 1720. The van der Waals surface area contributed by atoms with Crippen LogP contribution in [0.3, 0.4) is 0 Å². The SMILES string of the molecule is Cc1cc2c3cccc(F)c3n3c4cc(C5CCCC5)cc5cc[n+](C)c(c(c1C)c23)c54. The summed E-state index contributed by atoms with van der Waals surface area (Å²) in [6.45, 7) is 4.38. The molecule has 0 amide bonds. The van der Waals surface area contributed by atoms with E-state index in [4.69, 9.17) is 0 Å². The first kappa shape index (κ1) is 18.4. The van der Waals surface area contributed by atoms with Crippen molar-refractivity contribution < 1.29 is 8.96 Å². The second-order valence-corrected chi connectivity index (χ2v) is 9.82. The molecule has 3 aromatic heterocycles. The highest BCUT2D eigenvalue weighted by Gasteiger charge is 2.27. The van der Waals surface area contributed by atoms with Crippen molar-refractivity contribution in [2.45, 2.75) is 45.4 Å². The molecule has 32 heavy (non-hydrogen) atoms. The first-order valence-electron chi connectivity index (χ1n) is 11.7. The van der Waals surface area contributed by atoms with Crippen LogP contribution in [0.2, 0.25) is 0 Å². The second-order valence-electron chi connectivity index (χ2n) is 9.82. The Kier molecular flexibility index (Phi) is 3.55. The minimum Gasteiger partial charge on any atom is -0.305 e. The third-order valence-corrected chi connectivity index (χ3v) is 8.09. The third-order valence-electron chi connectivity index (χ3n) is 8.09. The summed E-state index contributed by atoms with van der Waals surface area (Å²) in [5, 5.41) is 5.88. The fourth-order valence-electron chi connectivity index (χ4n) is 6.42. The molecule has 1 fully saturated rings. The number of fused-ring (bicyclic) bond motifs is 5. The van der Waals surface area contributed by atoms with E-state index in [0.717, 1.165) is 21.8 Å². The minimum absolute atomic E-state index is 0.150. The maximum atomic E-state index is 15.4. The predicted octanol–water partition coefficient (Wildman–Crippen LogP) is 7.23. The number of aryl methyl sites for hydroxylation is 3. The predicted molar refractivity (Wildman–Crippen MR) is 130 cm³/mol. The summed E-state index contributed by atoms with van der Waals surface area (Å²) in [5.74, 6) is 0.458. The molecule has 0 spiro atoms. The lowest BCUT2D eigenvalue weighted by atomic mass is 9.92. The largest absolute Gasteiger partial charge is 0.305 e. The molecule has 158 valence electrons. The Morgan fingerprint density at radius 2 is 1.75 bits per heavy atom. The van der Waals surface area contributed by atoms with Gasteiger partial charge in [0.1, 0.15) is 12.9 Å². The summed E-state index contributed by atoms with van der Waals surface area (Å²) in [5.41, 5.74) is 8.16. The highest BCUT2D eigenvalue weighted by molar-refractivity contribution is 6.26. The lowest BCUT2D eigenvalue weighted by Crippen LogP contribution is -2.29. The number of pyridine rings is 2. The molecule has 0 aliphatic heterocycles. The molecule has 0 radical (unpaired) electrons. The van der Waals surface area contributed by atoms with Crippen molar-refractivity contribution >= 4 is 49.0 Å². The average molecular weight is 422 g/mol. The number of halogens is 1. The van der Waals surface area contributed by atoms with Crippen LogP contribution in [0.4, 0.5) is 4.39 Å². The van der Waals surface area contributed by atoms with E-state index in [1.807, 2.05) is 6.07 Å². The molecule has 1 saturated carbocycles. The third kappa shape index (κ3) is 2.16. The Morgan fingerprint density at radius 1 is 0.938 bits per heavy atom. The van der Waals surface area contributed by atoms with Gasteiger partial charge in [-0.25, -0.2) is 8.96 Å². The number of hydrogen-bond acceptors (Lipinski definition) is 0. The molecule has 0 unspecified atom stereocenters. The van der Waals surface area contributed by atoms with E-state index in [9.17, 15) is 0 Å². The number of aromatic nitrogens is 2. The zero-order valence-electron chi connectivity index (χ0n) is 18.8. The second kappa shape index (κ2) is 6.19. The molecule has 7 rings (SSSR count). The van der Waals surface area contributed by atoms with E-state index in [2.05, 4.69) is 66.4 Å². The highest BCUT2D eigenvalue weighted by Crippen LogP contribution is 2.44. The zero-order valence-corrected chi connectivity index (χ0v) is 18.8. The smallest absolute Gasteiger partial charge is 0.224 e. The summed E-state index contributed by atoms with van der Waals surface area (Å²) in [4.78, 5) is 0. The minimum atomic E-state index is -0.150. The maximum Gasteiger partial charge on any atom is 0.224 e. The molecular weight excluding hydrogens is 395 g/mol. The lowest BCUT2D eigenvalue weighted by Gasteiger charge is -2.17. The summed E-state index contributed by atoms with van der Waals surface area (Å²) >= 11 is 0. The van der Waals surface area contributed by atoms with E-state index in [1.165, 1.54) is 64.0 Å². The van der Waals surface area contributed by atoms with Crippen LogP contribution in [0.1, 0.15) is 48.3 Å². The first-order chi connectivity index (χ1) is 15.5. The number of rotatable bonds is 1. The quantitative estimate of drug-likeness (QED) is 0.150. The van der Waals surface area contributed by atoms with Gasteiger partial charge in [-0.2, -0.15) is 0 Å². The molecule has 0 bridgehead atoms. The van der Waals surface area contributed by atoms with Crippen LogP contribution in [0, 0.1) is 19.7 Å². The molecule has 2 nitrogen and oxygen atoms in total. The Balaban J connectivity index is 1.86. The normalized spacial score (nSPS) is 15.5. The van der Waals surface area contributed by atoms with Crippen LogP contribution in [0.5, 0.6) is 0 Å². The first-order valence-corrected chi connectivity index (χ1v) is 11.7. The van der Waals surface area contributed by atoms with Crippen LogP contribution in [0.25, 0.3) is 49.0 Å². The van der Waals surface area contributed by atoms with E-state index in [0.29, 0.717) is 11.4 Å². The number of hydrogen-bond donors (Lipinski definition) is 0. The van der Waals surface area contributed by atoms with Gasteiger partial charge < -0.3 is 4.40 Å². The van der Waals surface area contributed by atoms with Crippen molar-refractivity contribution in [2.24, 2.45) is 7.05 Å². The van der Waals surface area contributed by atoms with Gasteiger partial charge in [0.15, 0.2) is 6.20 Å². The van der Waals surface area contributed by atoms with Gasteiger partial charge in [-0.3, -0.25) is 0 Å². The van der Waals surface area contributed by atoms with Gasteiger partial charge >= 0.3 is 0 Å². The van der Waals surface area contributed by atoms with Gasteiger partial charge in [0.05, 0.1) is 27.3 Å². The molecular formula is C29H26FN2+. The molecule has 0 atom stereocenters. The van der Waals surface area contributed by atoms with E-state index < -0.39 is 0 Å². The standard InChI is InChI=1S/C29H26FN2/c1-16-13-22-21-9-6-10-23(30)27(21)32-24-15-20(18-7-4-5-8-18)14-19-11-12-31(3)29(26(19)24)25(17(16)2)28(22)32/h6,9-15,18H,4-5,7-8H2,1-3H3/q+1. The maximum absolute atomic E-state index is 15.4. The van der Waals surface area contributed by atoms with Crippen LogP contribution >= 0.6 is 0 Å². The van der Waals surface area contributed by atoms with Gasteiger partial charge in [-0.05, 0) is 72.9 Å². The molecule has 0 N–H and O–H groups in total. The molecule has 1 aliphatic carbocycles. The topological polar surface area (TPSA) is 8.29 Å². The summed E-state index contributed by atoms with van der Waals surface area (Å²) < 4.78 is 19.9. The highest BCUT2D eigenvalue weighted by atomic mass is 19.1. The van der Waals surface area contributed by atoms with E-state index in [-0.39, 0.29) is 5.82 Å². The van der Waals surface area contributed by atoms with Crippen LogP contribution < -0.4 is 4.57 Å². The molecule has 1 aliphatic rings. The Morgan fingerprint density at radius 3 is 2.56 bits per heavy atom. The van der Waals surface area contributed by atoms with Crippen LogP contribution in [0.15, 0.2) is 48.7 Å². The van der Waals surface area contributed by atoms with E-state index >= 15 is 4.39 Å². The van der Waals surface area contributed by atoms with E-state index in [1.54, 1.807) is 6.07 Å². The van der Waals surface area contributed by atoms with Crippen molar-refractivity contribution in [3.8, 4) is 0 Å². The summed E-state index contributed by atoms with van der Waals surface area (Å²) in [6.07, 6.45) is 7.30. The molecule has 3 aromatic carbocycles. The average Bonchev–Trinajstić information content (AvgIpc) is 3.43. The van der Waals surface area contributed by atoms with Gasteiger partial charge in [0.25, 0.3) is 0 Å². The van der Waals surface area contributed by atoms with Crippen molar-refractivity contribution in [2.75, 3.05) is 0 Å². The monoisotopic (exact) mass is 421 g/mol. The molecule has 3 heterocycles. The molecule has 6 aromatic rings. The van der Waals surface area contributed by atoms with Crippen molar-refractivity contribution in [1.82, 2.24) is 4.40 Å². The molecule has 0 saturated heterocycles. The lowest BCUT2D eigenvalue weighted by molar-refractivity contribution is -0.643. The number of para-hydroxylation sites is 1. The van der Waals surface area contributed by atoms with Crippen LogP contribution in [-0.2, 0) is 7.05 Å². The zero-order chi connectivity index (χ0) is 21.7. The number of nitrogens with zero attached hydrogens (tertiary/aromatic N) is 2. The van der Waals surface area contributed by atoms with Gasteiger partial charge in [-0.1, -0.05) is 31.0 Å². The van der Waals surface area contributed by atoms with Gasteiger partial charge in [-0.15, -0.1) is 0 Å².